The van der Waals surface area contributed by atoms with Gasteiger partial charge >= 0.3 is 0 Å². The van der Waals surface area contributed by atoms with E-state index in [1.165, 1.54) is 0 Å². The van der Waals surface area contributed by atoms with Crippen LogP contribution in [0.25, 0.3) is 21.6 Å². The molecule has 0 radical (unpaired) electrons. The lowest BCUT2D eigenvalue weighted by Crippen LogP contribution is -2.16. The molecule has 0 fully saturated rings. The number of nitrogens with one attached hydrogen (secondary N) is 1. The van der Waals surface area contributed by atoms with E-state index in [9.17, 15) is 4.79 Å². The van der Waals surface area contributed by atoms with Gasteiger partial charge < -0.3 is 10.1 Å². The van der Waals surface area contributed by atoms with Gasteiger partial charge in [0.1, 0.15) is 5.75 Å². The summed E-state index contributed by atoms with van der Waals surface area (Å²) in [5, 5.41) is 10.2. The summed E-state index contributed by atoms with van der Waals surface area (Å²) < 4.78 is 7.31. The van der Waals surface area contributed by atoms with Crippen LogP contribution >= 0.6 is 11.3 Å². The number of pyridine rings is 1. The number of fused-ring (bicyclic) bond motifs is 1. The van der Waals surface area contributed by atoms with Gasteiger partial charge in [0.2, 0.25) is 0 Å². The lowest BCUT2D eigenvalue weighted by molar-refractivity contribution is 0.102. The second kappa shape index (κ2) is 8.15. The number of hydrogen-bond donors (Lipinski definition) is 1. The number of anilines is 1. The number of carbonyl (C=O) groups is 1. The van der Waals surface area contributed by atoms with Crippen LogP contribution in [-0.2, 0) is 12.0 Å². The van der Waals surface area contributed by atoms with Crippen molar-refractivity contribution in [3.8, 4) is 16.3 Å². The maximum atomic E-state index is 13.4. The Morgan fingerprint density at radius 3 is 2.68 bits per heavy atom. The zero-order valence-corrected chi connectivity index (χ0v) is 19.2. The van der Waals surface area contributed by atoms with Crippen molar-refractivity contribution in [2.45, 2.75) is 39.7 Å². The van der Waals surface area contributed by atoms with Crippen molar-refractivity contribution in [3.05, 3.63) is 59.1 Å². The van der Waals surface area contributed by atoms with Crippen molar-refractivity contribution in [2.75, 3.05) is 12.4 Å². The fraction of sp³-hybridized carbons (Fsp3) is 0.292. The third-order valence-corrected chi connectivity index (χ3v) is 6.13. The fourth-order valence-corrected chi connectivity index (χ4v) is 4.17. The SMILES string of the molecule is CCn1ncc2c(C(=O)Nc3cc(C(C)(C)C)ccc3OC)cc(-c3cccs3)nc21. The molecule has 0 atom stereocenters. The summed E-state index contributed by atoms with van der Waals surface area (Å²) in [5.74, 6) is 0.402. The normalized spacial score (nSPS) is 11.6. The van der Waals surface area contributed by atoms with Crippen LogP contribution in [0, 0.1) is 0 Å². The molecule has 4 rings (SSSR count). The van der Waals surface area contributed by atoms with Gasteiger partial charge in [0.05, 0.1) is 40.5 Å². The maximum absolute atomic E-state index is 13.4. The van der Waals surface area contributed by atoms with Gasteiger partial charge in [0.25, 0.3) is 5.91 Å². The number of nitrogens with zero attached hydrogens (tertiary/aromatic N) is 3. The minimum atomic E-state index is -0.217. The monoisotopic (exact) mass is 434 g/mol. The molecular formula is C24H26N4O2S. The molecule has 4 aromatic rings. The van der Waals surface area contributed by atoms with E-state index in [2.05, 4.69) is 31.2 Å². The van der Waals surface area contributed by atoms with E-state index in [1.54, 1.807) is 24.6 Å². The number of benzene rings is 1. The molecule has 0 aliphatic heterocycles. The summed E-state index contributed by atoms with van der Waals surface area (Å²) in [5.41, 5.74) is 3.71. The first-order valence-electron chi connectivity index (χ1n) is 10.2. The molecule has 3 heterocycles. The molecule has 0 bridgehead atoms. The number of amides is 1. The van der Waals surface area contributed by atoms with Crippen LogP contribution < -0.4 is 10.1 Å². The fourth-order valence-electron chi connectivity index (χ4n) is 3.48. The molecule has 6 nitrogen and oxygen atoms in total. The van der Waals surface area contributed by atoms with Gasteiger partial charge in [-0.25, -0.2) is 9.67 Å². The van der Waals surface area contributed by atoms with Crippen molar-refractivity contribution in [2.24, 2.45) is 0 Å². The molecular weight excluding hydrogens is 408 g/mol. The molecule has 1 aromatic carbocycles. The van der Waals surface area contributed by atoms with Gasteiger partial charge in [-0.1, -0.05) is 32.9 Å². The first kappa shape index (κ1) is 21.1. The first-order valence-corrected chi connectivity index (χ1v) is 11.1. The second-order valence-corrected chi connectivity index (χ2v) is 9.30. The summed E-state index contributed by atoms with van der Waals surface area (Å²) in [7, 11) is 1.60. The minimum absolute atomic E-state index is 0.0513. The summed E-state index contributed by atoms with van der Waals surface area (Å²) in [6, 6.07) is 11.7. The molecule has 7 heteroatoms. The Morgan fingerprint density at radius 1 is 1.23 bits per heavy atom. The summed E-state index contributed by atoms with van der Waals surface area (Å²) in [6.45, 7) is 9.10. The smallest absolute Gasteiger partial charge is 0.256 e. The second-order valence-electron chi connectivity index (χ2n) is 8.35. The number of aryl methyl sites for hydroxylation is 1. The standard InChI is InChI=1S/C24H26N4O2S/c1-6-28-22-17(14-25-28)16(13-19(26-22)21-8-7-11-31-21)23(29)27-18-12-15(24(2,3)4)9-10-20(18)30-5/h7-14H,6H2,1-5H3,(H,27,29). The van der Waals surface area contributed by atoms with Crippen molar-refractivity contribution < 1.29 is 9.53 Å². The van der Waals surface area contributed by atoms with Crippen LogP contribution in [0.4, 0.5) is 5.69 Å². The van der Waals surface area contributed by atoms with Crippen molar-refractivity contribution in [1.29, 1.82) is 0 Å². The number of methoxy groups -OCH3 is 1. The average molecular weight is 435 g/mol. The lowest BCUT2D eigenvalue weighted by atomic mass is 9.87. The molecule has 3 aromatic heterocycles. The number of rotatable bonds is 5. The number of aromatic nitrogens is 3. The Balaban J connectivity index is 1.80. The highest BCUT2D eigenvalue weighted by Gasteiger charge is 2.21. The third-order valence-electron chi connectivity index (χ3n) is 5.24. The Labute approximate surface area is 185 Å². The van der Waals surface area contributed by atoms with Crippen LogP contribution in [-0.4, -0.2) is 27.8 Å². The highest BCUT2D eigenvalue weighted by Crippen LogP contribution is 2.33. The van der Waals surface area contributed by atoms with E-state index >= 15 is 0 Å². The highest BCUT2D eigenvalue weighted by molar-refractivity contribution is 7.13. The van der Waals surface area contributed by atoms with E-state index in [4.69, 9.17) is 9.72 Å². The summed E-state index contributed by atoms with van der Waals surface area (Å²) in [6.07, 6.45) is 1.71. The van der Waals surface area contributed by atoms with Crippen LogP contribution in [0.1, 0.15) is 43.6 Å². The quantitative estimate of drug-likeness (QED) is 0.435. The molecule has 1 N–H and O–H groups in total. The molecule has 31 heavy (non-hydrogen) atoms. The van der Waals surface area contributed by atoms with E-state index in [0.29, 0.717) is 29.2 Å². The highest BCUT2D eigenvalue weighted by atomic mass is 32.1. The van der Waals surface area contributed by atoms with Crippen molar-refractivity contribution in [1.82, 2.24) is 14.8 Å². The van der Waals surface area contributed by atoms with Crippen LogP contribution in [0.5, 0.6) is 5.75 Å². The maximum Gasteiger partial charge on any atom is 0.256 e. The minimum Gasteiger partial charge on any atom is -0.495 e. The summed E-state index contributed by atoms with van der Waals surface area (Å²) in [4.78, 5) is 19.2. The zero-order chi connectivity index (χ0) is 22.2. The molecule has 0 aliphatic carbocycles. The van der Waals surface area contributed by atoms with Gasteiger partial charge in [-0.05, 0) is 47.5 Å². The Bertz CT molecular complexity index is 1240. The molecule has 0 saturated heterocycles. The Morgan fingerprint density at radius 2 is 2.03 bits per heavy atom. The molecule has 0 saturated carbocycles. The van der Waals surface area contributed by atoms with Crippen LogP contribution in [0.15, 0.2) is 48.0 Å². The van der Waals surface area contributed by atoms with E-state index in [1.807, 2.05) is 53.4 Å². The van der Waals surface area contributed by atoms with Gasteiger partial charge in [-0.15, -0.1) is 11.3 Å². The topological polar surface area (TPSA) is 69.0 Å². The number of thiophene rings is 1. The van der Waals surface area contributed by atoms with Crippen LogP contribution in [0.2, 0.25) is 0 Å². The van der Waals surface area contributed by atoms with Gasteiger partial charge in [0, 0.05) is 6.54 Å². The molecule has 1 amide bonds. The van der Waals surface area contributed by atoms with Gasteiger partial charge in [-0.2, -0.15) is 5.10 Å². The average Bonchev–Trinajstić information content (AvgIpc) is 3.42. The molecule has 0 aliphatic rings. The third kappa shape index (κ3) is 4.05. The lowest BCUT2D eigenvalue weighted by Gasteiger charge is -2.21. The summed E-state index contributed by atoms with van der Waals surface area (Å²) >= 11 is 1.59. The number of ether oxygens (including phenoxy) is 1. The van der Waals surface area contributed by atoms with Gasteiger partial charge in [-0.3, -0.25) is 4.79 Å². The predicted octanol–water partition coefficient (Wildman–Crippen LogP) is 5.74. The molecule has 0 spiro atoms. The van der Waals surface area contributed by atoms with E-state index in [0.717, 1.165) is 21.5 Å². The largest absolute Gasteiger partial charge is 0.495 e. The molecule has 160 valence electrons. The van der Waals surface area contributed by atoms with Crippen LogP contribution in [0.3, 0.4) is 0 Å². The van der Waals surface area contributed by atoms with E-state index < -0.39 is 0 Å². The van der Waals surface area contributed by atoms with Crippen molar-refractivity contribution in [3.63, 3.8) is 0 Å². The predicted molar refractivity (Wildman–Crippen MR) is 126 cm³/mol. The Kier molecular flexibility index (Phi) is 5.54. The van der Waals surface area contributed by atoms with Crippen molar-refractivity contribution >= 4 is 34.0 Å². The first-order chi connectivity index (χ1) is 14.8. The van der Waals surface area contributed by atoms with E-state index in [-0.39, 0.29) is 11.3 Å². The number of carbonyl (C=O) groups excluding carboxylic acids is 1. The zero-order valence-electron chi connectivity index (χ0n) is 18.4. The molecule has 0 unspecified atom stereocenters. The van der Waals surface area contributed by atoms with Gasteiger partial charge in [0.15, 0.2) is 5.65 Å². The Hall–Kier alpha value is -3.19. The number of hydrogen-bond acceptors (Lipinski definition) is 5.